The number of halogens is 1. The van der Waals surface area contributed by atoms with Gasteiger partial charge >= 0.3 is 0 Å². The molecule has 168 valence electrons. The lowest BCUT2D eigenvalue weighted by Gasteiger charge is -2.33. The molecule has 2 aliphatic rings. The second kappa shape index (κ2) is 9.81. The van der Waals surface area contributed by atoms with Gasteiger partial charge in [0.05, 0.1) is 12.1 Å². The van der Waals surface area contributed by atoms with Crippen LogP contribution in [0.15, 0.2) is 28.8 Å². The number of aromatic nitrogens is 1. The highest BCUT2D eigenvalue weighted by atomic mass is 19.1. The summed E-state index contributed by atoms with van der Waals surface area (Å²) in [6.45, 7) is 6.90. The standard InChI is InChI=1S/C24H33FN4O2/c1-3-12-29(23(30)19-6-4-5-7-19)17-21-22(18-8-10-20(25)11-9-18)26-31-24(21)28-15-13-27(2)14-16-28/h8-11,19H,3-7,12-17H2,1-2H3. The molecule has 0 bridgehead atoms. The van der Waals surface area contributed by atoms with E-state index in [0.29, 0.717) is 18.8 Å². The van der Waals surface area contributed by atoms with Crippen LogP contribution < -0.4 is 4.90 Å². The third-order valence-corrected chi connectivity index (χ3v) is 6.53. The smallest absolute Gasteiger partial charge is 0.232 e. The predicted octanol–water partition coefficient (Wildman–Crippen LogP) is 4.16. The normalized spacial score (nSPS) is 18.0. The summed E-state index contributed by atoms with van der Waals surface area (Å²) < 4.78 is 19.4. The number of amides is 1. The molecular formula is C24H33FN4O2. The summed E-state index contributed by atoms with van der Waals surface area (Å²) in [4.78, 5) is 19.8. The fourth-order valence-corrected chi connectivity index (χ4v) is 4.69. The average Bonchev–Trinajstić information content (AvgIpc) is 3.45. The van der Waals surface area contributed by atoms with Gasteiger partial charge in [-0.1, -0.05) is 24.9 Å². The number of hydrogen-bond donors (Lipinski definition) is 0. The van der Waals surface area contributed by atoms with Crippen LogP contribution in [-0.4, -0.2) is 60.6 Å². The van der Waals surface area contributed by atoms with Crippen molar-refractivity contribution in [2.45, 2.75) is 45.6 Å². The SMILES string of the molecule is CCCN(Cc1c(-c2ccc(F)cc2)noc1N1CCN(C)CC1)C(=O)C1CCCC1. The van der Waals surface area contributed by atoms with Crippen LogP contribution in [-0.2, 0) is 11.3 Å². The van der Waals surface area contributed by atoms with Crippen LogP contribution in [0.1, 0.15) is 44.6 Å². The summed E-state index contributed by atoms with van der Waals surface area (Å²) in [5, 5.41) is 4.39. The van der Waals surface area contributed by atoms with Crippen LogP contribution in [0.3, 0.4) is 0 Å². The zero-order valence-corrected chi connectivity index (χ0v) is 18.6. The second-order valence-corrected chi connectivity index (χ2v) is 8.85. The third kappa shape index (κ3) is 4.92. The molecule has 31 heavy (non-hydrogen) atoms. The minimum atomic E-state index is -0.280. The number of nitrogens with zero attached hydrogens (tertiary/aromatic N) is 4. The number of piperazine rings is 1. The van der Waals surface area contributed by atoms with E-state index in [9.17, 15) is 9.18 Å². The van der Waals surface area contributed by atoms with Gasteiger partial charge in [0.15, 0.2) is 0 Å². The van der Waals surface area contributed by atoms with Crippen molar-refractivity contribution in [1.82, 2.24) is 15.0 Å². The quantitative estimate of drug-likeness (QED) is 0.663. The molecule has 7 heteroatoms. The van der Waals surface area contributed by atoms with E-state index in [0.717, 1.165) is 75.3 Å². The number of carbonyl (C=O) groups is 1. The van der Waals surface area contributed by atoms with Crippen LogP contribution in [0.5, 0.6) is 0 Å². The molecule has 4 rings (SSSR count). The highest BCUT2D eigenvalue weighted by Crippen LogP contribution is 2.34. The lowest BCUT2D eigenvalue weighted by molar-refractivity contribution is -0.136. The van der Waals surface area contributed by atoms with E-state index in [1.165, 1.54) is 12.1 Å². The van der Waals surface area contributed by atoms with E-state index >= 15 is 0 Å². The lowest BCUT2D eigenvalue weighted by Crippen LogP contribution is -2.45. The van der Waals surface area contributed by atoms with Crippen molar-refractivity contribution in [2.75, 3.05) is 44.7 Å². The lowest BCUT2D eigenvalue weighted by atomic mass is 10.0. The zero-order chi connectivity index (χ0) is 21.8. The van der Waals surface area contributed by atoms with Gasteiger partial charge in [-0.25, -0.2) is 4.39 Å². The Morgan fingerprint density at radius 1 is 1.16 bits per heavy atom. The molecule has 0 spiro atoms. The van der Waals surface area contributed by atoms with Crippen molar-refractivity contribution >= 4 is 11.8 Å². The molecule has 1 amide bonds. The summed E-state index contributed by atoms with van der Waals surface area (Å²) in [6.07, 6.45) is 5.14. The minimum absolute atomic E-state index is 0.132. The fourth-order valence-electron chi connectivity index (χ4n) is 4.69. The van der Waals surface area contributed by atoms with E-state index in [1.807, 2.05) is 4.90 Å². The van der Waals surface area contributed by atoms with Crippen molar-refractivity contribution in [1.29, 1.82) is 0 Å². The van der Waals surface area contributed by atoms with Gasteiger partial charge in [0.2, 0.25) is 11.8 Å². The monoisotopic (exact) mass is 428 g/mol. The van der Waals surface area contributed by atoms with Crippen LogP contribution in [0, 0.1) is 11.7 Å². The first kappa shape index (κ1) is 21.8. The van der Waals surface area contributed by atoms with Crippen LogP contribution in [0.4, 0.5) is 10.3 Å². The molecule has 2 heterocycles. The largest absolute Gasteiger partial charge is 0.338 e. The molecule has 1 saturated carbocycles. The average molecular weight is 429 g/mol. The molecule has 0 N–H and O–H groups in total. The van der Waals surface area contributed by atoms with Gasteiger partial charge in [-0.05, 0) is 50.6 Å². The summed E-state index contributed by atoms with van der Waals surface area (Å²) in [6, 6.07) is 6.34. The van der Waals surface area contributed by atoms with Crippen molar-refractivity contribution in [3.8, 4) is 11.3 Å². The Morgan fingerprint density at radius 3 is 2.48 bits per heavy atom. The van der Waals surface area contributed by atoms with Crippen LogP contribution in [0.2, 0.25) is 0 Å². The molecular weight excluding hydrogens is 395 g/mol. The van der Waals surface area contributed by atoms with Gasteiger partial charge < -0.3 is 19.2 Å². The molecule has 1 aromatic carbocycles. The van der Waals surface area contributed by atoms with Crippen molar-refractivity contribution in [2.24, 2.45) is 5.92 Å². The Labute approximate surface area is 184 Å². The first-order chi connectivity index (χ1) is 15.1. The maximum atomic E-state index is 13.5. The van der Waals surface area contributed by atoms with Crippen molar-refractivity contribution in [3.05, 3.63) is 35.6 Å². The van der Waals surface area contributed by atoms with Gasteiger partial charge in [0.1, 0.15) is 11.5 Å². The van der Waals surface area contributed by atoms with Crippen molar-refractivity contribution < 1.29 is 13.7 Å². The molecule has 1 aliphatic heterocycles. The maximum absolute atomic E-state index is 13.5. The summed E-state index contributed by atoms with van der Waals surface area (Å²) in [7, 11) is 2.12. The molecule has 1 saturated heterocycles. The van der Waals surface area contributed by atoms with E-state index in [4.69, 9.17) is 4.52 Å². The Bertz CT molecular complexity index is 868. The molecule has 0 atom stereocenters. The second-order valence-electron chi connectivity index (χ2n) is 8.85. The summed E-state index contributed by atoms with van der Waals surface area (Å²) in [5.41, 5.74) is 2.44. The predicted molar refractivity (Wildman–Crippen MR) is 119 cm³/mol. The van der Waals surface area contributed by atoms with E-state index in [1.54, 1.807) is 12.1 Å². The molecule has 2 aromatic rings. The molecule has 0 radical (unpaired) electrons. The highest BCUT2D eigenvalue weighted by Gasteiger charge is 2.31. The van der Waals surface area contributed by atoms with Crippen LogP contribution >= 0.6 is 0 Å². The number of likely N-dealkylation sites (N-methyl/N-ethyl adjacent to an activating group) is 1. The minimum Gasteiger partial charge on any atom is -0.338 e. The first-order valence-corrected chi connectivity index (χ1v) is 11.5. The number of rotatable bonds is 7. The van der Waals surface area contributed by atoms with E-state index < -0.39 is 0 Å². The van der Waals surface area contributed by atoms with Crippen LogP contribution in [0.25, 0.3) is 11.3 Å². The molecule has 2 fully saturated rings. The number of anilines is 1. The Hall–Kier alpha value is -2.41. The van der Waals surface area contributed by atoms with Gasteiger partial charge in [0, 0.05) is 44.2 Å². The Kier molecular flexibility index (Phi) is 6.90. The maximum Gasteiger partial charge on any atom is 0.232 e. The zero-order valence-electron chi connectivity index (χ0n) is 18.6. The molecule has 1 aromatic heterocycles. The third-order valence-electron chi connectivity index (χ3n) is 6.53. The number of carbonyl (C=O) groups excluding carboxylic acids is 1. The van der Waals surface area contributed by atoms with E-state index in [2.05, 4.69) is 28.9 Å². The molecule has 0 unspecified atom stereocenters. The summed E-state index contributed by atoms with van der Waals surface area (Å²) in [5.74, 6) is 0.840. The molecule has 6 nitrogen and oxygen atoms in total. The van der Waals surface area contributed by atoms with Gasteiger partial charge in [-0.2, -0.15) is 0 Å². The number of benzene rings is 1. The summed E-state index contributed by atoms with van der Waals surface area (Å²) >= 11 is 0. The van der Waals surface area contributed by atoms with E-state index in [-0.39, 0.29) is 17.6 Å². The number of hydrogen-bond acceptors (Lipinski definition) is 5. The van der Waals surface area contributed by atoms with Gasteiger partial charge in [0.25, 0.3) is 0 Å². The Balaban J connectivity index is 1.67. The highest BCUT2D eigenvalue weighted by molar-refractivity contribution is 5.80. The Morgan fingerprint density at radius 2 is 1.84 bits per heavy atom. The topological polar surface area (TPSA) is 52.8 Å². The molecule has 1 aliphatic carbocycles. The first-order valence-electron chi connectivity index (χ1n) is 11.5. The fraction of sp³-hybridized carbons (Fsp3) is 0.583. The van der Waals surface area contributed by atoms with Gasteiger partial charge in [-0.15, -0.1) is 0 Å². The van der Waals surface area contributed by atoms with Crippen molar-refractivity contribution in [3.63, 3.8) is 0 Å². The van der Waals surface area contributed by atoms with Gasteiger partial charge in [-0.3, -0.25) is 4.79 Å².